The maximum absolute atomic E-state index is 6.26. The van der Waals surface area contributed by atoms with Crippen LogP contribution in [0.1, 0.15) is 5.89 Å². The van der Waals surface area contributed by atoms with E-state index in [4.69, 9.17) is 16.1 Å². The van der Waals surface area contributed by atoms with E-state index in [2.05, 4.69) is 36.3 Å². The number of hydrogen-bond donors (Lipinski definition) is 0. The van der Waals surface area contributed by atoms with Crippen molar-refractivity contribution < 1.29 is 4.52 Å². The highest BCUT2D eigenvalue weighted by molar-refractivity contribution is 9.10. The number of hydrogen-bond acceptors (Lipinski definition) is 6. The molecule has 0 radical (unpaired) electrons. The van der Waals surface area contributed by atoms with Gasteiger partial charge in [0.1, 0.15) is 0 Å². The van der Waals surface area contributed by atoms with Crippen molar-refractivity contribution in [3.63, 3.8) is 0 Å². The molecular weight excluding hydrogens is 450 g/mol. The molecule has 4 aromatic rings. The largest absolute Gasteiger partial charge is 0.338 e. The lowest BCUT2D eigenvalue weighted by Gasteiger charge is -2.04. The number of rotatable bonds is 5. The molecular formula is C18H13BrClN5OS. The second-order valence-electron chi connectivity index (χ2n) is 5.66. The molecule has 0 aliphatic heterocycles. The molecule has 0 atom stereocenters. The highest BCUT2D eigenvalue weighted by Gasteiger charge is 2.15. The number of thioether (sulfide) groups is 1. The van der Waals surface area contributed by atoms with Gasteiger partial charge in [0.2, 0.25) is 11.7 Å². The average molecular weight is 463 g/mol. The number of halogens is 2. The van der Waals surface area contributed by atoms with E-state index in [0.29, 0.717) is 28.3 Å². The Morgan fingerprint density at radius 1 is 1.15 bits per heavy atom. The molecule has 0 bridgehead atoms. The first-order valence-electron chi connectivity index (χ1n) is 7.97. The fourth-order valence-electron chi connectivity index (χ4n) is 2.50. The fourth-order valence-corrected chi connectivity index (χ4v) is 3.87. The van der Waals surface area contributed by atoms with Crippen LogP contribution in [0.3, 0.4) is 0 Å². The molecule has 2 heterocycles. The topological polar surface area (TPSA) is 69.6 Å². The number of benzene rings is 2. The summed E-state index contributed by atoms with van der Waals surface area (Å²) in [6, 6.07) is 15.3. The summed E-state index contributed by atoms with van der Waals surface area (Å²) in [4.78, 5) is 4.45. The Morgan fingerprint density at radius 3 is 2.81 bits per heavy atom. The molecule has 0 unspecified atom stereocenters. The highest BCUT2D eigenvalue weighted by atomic mass is 79.9. The van der Waals surface area contributed by atoms with Crippen molar-refractivity contribution in [1.82, 2.24) is 24.9 Å². The van der Waals surface area contributed by atoms with Gasteiger partial charge in [0.25, 0.3) is 0 Å². The third-order valence-corrected chi connectivity index (χ3v) is 5.65. The third kappa shape index (κ3) is 3.92. The molecule has 0 N–H and O–H groups in total. The van der Waals surface area contributed by atoms with E-state index >= 15 is 0 Å². The maximum Gasteiger partial charge on any atom is 0.237 e. The highest BCUT2D eigenvalue weighted by Crippen LogP contribution is 2.29. The minimum atomic E-state index is 0.496. The SMILES string of the molecule is Cn1c(SCc2nc(-c3cccc(Br)c3)no2)nnc1-c1ccccc1Cl. The van der Waals surface area contributed by atoms with Gasteiger partial charge in [-0.15, -0.1) is 10.2 Å². The van der Waals surface area contributed by atoms with E-state index < -0.39 is 0 Å². The normalized spacial score (nSPS) is 11.1. The summed E-state index contributed by atoms with van der Waals surface area (Å²) in [6.45, 7) is 0. The monoisotopic (exact) mass is 461 g/mol. The van der Waals surface area contributed by atoms with Crippen molar-refractivity contribution in [3.8, 4) is 22.8 Å². The Kier molecular flexibility index (Phi) is 5.29. The summed E-state index contributed by atoms with van der Waals surface area (Å²) in [6.07, 6.45) is 0. The van der Waals surface area contributed by atoms with Gasteiger partial charge in [0.15, 0.2) is 11.0 Å². The van der Waals surface area contributed by atoms with Crippen LogP contribution in [0, 0.1) is 0 Å². The molecule has 0 fully saturated rings. The molecule has 136 valence electrons. The van der Waals surface area contributed by atoms with Gasteiger partial charge >= 0.3 is 0 Å². The smallest absolute Gasteiger partial charge is 0.237 e. The maximum atomic E-state index is 6.26. The van der Waals surface area contributed by atoms with Crippen LogP contribution >= 0.6 is 39.3 Å². The van der Waals surface area contributed by atoms with Crippen molar-refractivity contribution in [3.05, 3.63) is 63.9 Å². The van der Waals surface area contributed by atoms with Crippen LogP contribution in [-0.4, -0.2) is 24.9 Å². The van der Waals surface area contributed by atoms with Crippen molar-refractivity contribution in [2.75, 3.05) is 0 Å². The second-order valence-corrected chi connectivity index (χ2v) is 7.92. The molecule has 27 heavy (non-hydrogen) atoms. The Balaban J connectivity index is 1.50. The van der Waals surface area contributed by atoms with Gasteiger partial charge in [-0.2, -0.15) is 4.98 Å². The molecule has 0 amide bonds. The van der Waals surface area contributed by atoms with E-state index in [0.717, 1.165) is 20.8 Å². The lowest BCUT2D eigenvalue weighted by molar-refractivity contribution is 0.391. The van der Waals surface area contributed by atoms with Crippen LogP contribution < -0.4 is 0 Å². The summed E-state index contributed by atoms with van der Waals surface area (Å²) < 4.78 is 8.22. The summed E-state index contributed by atoms with van der Waals surface area (Å²) >= 11 is 11.2. The first kappa shape index (κ1) is 18.2. The Bertz CT molecular complexity index is 1100. The molecule has 2 aromatic carbocycles. The van der Waals surface area contributed by atoms with Gasteiger partial charge < -0.3 is 9.09 Å². The van der Waals surface area contributed by atoms with E-state index in [1.165, 1.54) is 11.8 Å². The summed E-state index contributed by atoms with van der Waals surface area (Å²) in [7, 11) is 1.90. The van der Waals surface area contributed by atoms with Gasteiger partial charge in [0.05, 0.1) is 10.8 Å². The van der Waals surface area contributed by atoms with Gasteiger partial charge in [-0.25, -0.2) is 0 Å². The van der Waals surface area contributed by atoms with Crippen molar-refractivity contribution >= 4 is 39.3 Å². The van der Waals surface area contributed by atoms with E-state index in [-0.39, 0.29) is 0 Å². The van der Waals surface area contributed by atoms with E-state index in [1.54, 1.807) is 0 Å². The molecule has 0 saturated heterocycles. The van der Waals surface area contributed by atoms with Crippen LogP contribution in [-0.2, 0) is 12.8 Å². The van der Waals surface area contributed by atoms with Crippen LogP contribution in [0.2, 0.25) is 5.02 Å². The Hall–Kier alpha value is -2.16. The molecule has 4 rings (SSSR count). The first-order chi connectivity index (χ1) is 13.1. The van der Waals surface area contributed by atoms with Crippen molar-refractivity contribution in [1.29, 1.82) is 0 Å². The summed E-state index contributed by atoms with van der Waals surface area (Å²) in [5.41, 5.74) is 1.74. The molecule has 0 saturated carbocycles. The van der Waals surface area contributed by atoms with Gasteiger partial charge in [0, 0.05) is 22.6 Å². The number of aromatic nitrogens is 5. The Labute approximate surface area is 173 Å². The molecule has 0 spiro atoms. The average Bonchev–Trinajstić information content (AvgIpc) is 3.28. The molecule has 6 nitrogen and oxygen atoms in total. The van der Waals surface area contributed by atoms with Gasteiger partial charge in [-0.05, 0) is 24.3 Å². The predicted octanol–water partition coefficient (Wildman–Crippen LogP) is 5.24. The van der Waals surface area contributed by atoms with Gasteiger partial charge in [-0.3, -0.25) is 0 Å². The molecule has 0 aliphatic rings. The van der Waals surface area contributed by atoms with Crippen molar-refractivity contribution in [2.24, 2.45) is 7.05 Å². The van der Waals surface area contributed by atoms with E-state index in [1.807, 2.05) is 60.1 Å². The zero-order valence-corrected chi connectivity index (χ0v) is 17.3. The molecule has 9 heteroatoms. The minimum absolute atomic E-state index is 0.496. The second kappa shape index (κ2) is 7.84. The van der Waals surface area contributed by atoms with Crippen LogP contribution in [0.5, 0.6) is 0 Å². The zero-order chi connectivity index (χ0) is 18.8. The molecule has 0 aliphatic carbocycles. The lowest BCUT2D eigenvalue weighted by atomic mass is 10.2. The summed E-state index contributed by atoms with van der Waals surface area (Å²) in [5.74, 6) is 2.29. The first-order valence-corrected chi connectivity index (χ1v) is 10.1. The number of nitrogens with zero attached hydrogens (tertiary/aromatic N) is 5. The zero-order valence-electron chi connectivity index (χ0n) is 14.1. The predicted molar refractivity (Wildman–Crippen MR) is 108 cm³/mol. The minimum Gasteiger partial charge on any atom is -0.338 e. The summed E-state index contributed by atoms with van der Waals surface area (Å²) in [5, 5.41) is 13.9. The van der Waals surface area contributed by atoms with Gasteiger partial charge in [-0.1, -0.05) is 68.7 Å². The fraction of sp³-hybridized carbons (Fsp3) is 0.111. The molecule has 2 aromatic heterocycles. The Morgan fingerprint density at radius 2 is 2.00 bits per heavy atom. The quantitative estimate of drug-likeness (QED) is 0.378. The van der Waals surface area contributed by atoms with Crippen LogP contribution in [0.4, 0.5) is 0 Å². The van der Waals surface area contributed by atoms with E-state index in [9.17, 15) is 0 Å². The lowest BCUT2D eigenvalue weighted by Crippen LogP contribution is -1.95. The van der Waals surface area contributed by atoms with Crippen LogP contribution in [0.15, 0.2) is 62.7 Å². The van der Waals surface area contributed by atoms with Crippen molar-refractivity contribution in [2.45, 2.75) is 10.9 Å². The third-order valence-electron chi connectivity index (χ3n) is 3.83. The standard InChI is InChI=1S/C18H13BrClN5OS/c1-25-17(13-7-2-3-8-14(13)20)22-23-18(25)27-10-15-21-16(24-26-15)11-5-4-6-12(19)9-11/h2-9H,10H2,1H3. The van der Waals surface area contributed by atoms with Crippen LogP contribution in [0.25, 0.3) is 22.8 Å².